The minimum Gasteiger partial charge on any atom is -0.492 e. The maximum Gasteiger partial charge on any atom is 0.190 e. The van der Waals surface area contributed by atoms with Gasteiger partial charge < -0.3 is 18.9 Å². The zero-order valence-electron chi connectivity index (χ0n) is 17.5. The topological polar surface area (TPSA) is 40.2 Å². The molecule has 6 heteroatoms. The molecule has 0 aliphatic carbocycles. The summed E-state index contributed by atoms with van der Waals surface area (Å²) in [6.45, 7) is 8.73. The predicted octanol–water partition coefficient (Wildman–Crippen LogP) is 3.15. The zero-order chi connectivity index (χ0) is 20.6. The van der Waals surface area contributed by atoms with Gasteiger partial charge in [0.05, 0.1) is 32.1 Å². The molecular weight excluding hydrogens is 394 g/mol. The molecule has 2 heterocycles. The summed E-state index contributed by atoms with van der Waals surface area (Å²) in [7, 11) is 0. The molecule has 30 heavy (non-hydrogen) atoms. The summed E-state index contributed by atoms with van der Waals surface area (Å²) < 4.78 is 13.6. The largest absolute Gasteiger partial charge is 0.492 e. The lowest BCUT2D eigenvalue weighted by atomic mass is 10.2. The van der Waals surface area contributed by atoms with Gasteiger partial charge in [0, 0.05) is 18.3 Å². The van der Waals surface area contributed by atoms with Gasteiger partial charge in [-0.15, -0.1) is 11.3 Å². The first-order chi connectivity index (χ1) is 14.8. The molecule has 0 unspecified atom stereocenters. The number of nitrogens with zero attached hydrogens (tertiary/aromatic N) is 2. The van der Waals surface area contributed by atoms with E-state index in [1.807, 2.05) is 31.2 Å². The number of nitrogens with one attached hydrogen (secondary N) is 1. The van der Waals surface area contributed by atoms with E-state index in [1.165, 1.54) is 11.3 Å². The molecule has 0 atom stereocenters. The summed E-state index contributed by atoms with van der Waals surface area (Å²) in [4.78, 5) is 7.65. The van der Waals surface area contributed by atoms with Gasteiger partial charge in [-0.3, -0.25) is 0 Å². The highest BCUT2D eigenvalue weighted by Gasteiger charge is 2.14. The van der Waals surface area contributed by atoms with Gasteiger partial charge in [-0.2, -0.15) is 0 Å². The summed E-state index contributed by atoms with van der Waals surface area (Å²) in [6.07, 6.45) is 1.12. The van der Waals surface area contributed by atoms with Crippen molar-refractivity contribution >= 4 is 17.0 Å². The summed E-state index contributed by atoms with van der Waals surface area (Å²) >= 11 is 1.69. The van der Waals surface area contributed by atoms with Gasteiger partial charge in [-0.25, -0.2) is 4.99 Å². The summed E-state index contributed by atoms with van der Waals surface area (Å²) in [5.41, 5.74) is 3.34. The number of ether oxygens (including phenoxy) is 2. The molecule has 0 radical (unpaired) electrons. The highest BCUT2D eigenvalue weighted by Crippen LogP contribution is 2.27. The standard InChI is InChI=1S/C24H29N3O2S/c1-2-29-23-12-7-6-11-21(23)25-24-27(14-8-13-26-15-17-28-18-16-26)22(19-30-24)20-9-4-3-5-10-20/h3-7,9-12,19H,2,8,13-18H2,1H3/p+1. The maximum absolute atomic E-state index is 5.79. The van der Waals surface area contributed by atoms with Crippen LogP contribution in [-0.2, 0) is 11.3 Å². The van der Waals surface area contributed by atoms with Crippen LogP contribution in [-0.4, -0.2) is 44.0 Å². The van der Waals surface area contributed by atoms with Gasteiger partial charge in [-0.1, -0.05) is 42.5 Å². The SMILES string of the molecule is CCOc1ccccc1N=c1scc(-c2ccccc2)n1CCC[NH+]1CCOCC1. The van der Waals surface area contributed by atoms with Crippen LogP contribution in [0.1, 0.15) is 13.3 Å². The van der Waals surface area contributed by atoms with Crippen LogP contribution in [0, 0.1) is 0 Å². The molecule has 0 amide bonds. The normalized spacial score (nSPS) is 15.4. The van der Waals surface area contributed by atoms with Crippen molar-refractivity contribution < 1.29 is 14.4 Å². The number of aromatic nitrogens is 1. The molecule has 3 aromatic rings. The minimum atomic E-state index is 0.633. The van der Waals surface area contributed by atoms with Crippen molar-refractivity contribution in [1.29, 1.82) is 0 Å². The van der Waals surface area contributed by atoms with Crippen molar-refractivity contribution in [3.05, 3.63) is 64.8 Å². The van der Waals surface area contributed by atoms with Crippen molar-refractivity contribution in [2.45, 2.75) is 19.9 Å². The van der Waals surface area contributed by atoms with E-state index in [2.05, 4.69) is 40.3 Å². The van der Waals surface area contributed by atoms with Gasteiger partial charge in [0.15, 0.2) is 4.80 Å². The number of rotatable bonds is 8. The summed E-state index contributed by atoms with van der Waals surface area (Å²) in [5, 5.41) is 2.22. The van der Waals surface area contributed by atoms with Crippen molar-refractivity contribution in [2.24, 2.45) is 4.99 Å². The van der Waals surface area contributed by atoms with Gasteiger partial charge in [0.25, 0.3) is 0 Å². The monoisotopic (exact) mass is 424 g/mol. The number of benzene rings is 2. The average Bonchev–Trinajstić information content (AvgIpc) is 3.19. The smallest absolute Gasteiger partial charge is 0.190 e. The first-order valence-electron chi connectivity index (χ1n) is 10.8. The van der Waals surface area contributed by atoms with Crippen LogP contribution in [0.3, 0.4) is 0 Å². The Hall–Kier alpha value is -2.41. The van der Waals surface area contributed by atoms with E-state index < -0.39 is 0 Å². The molecule has 2 aromatic carbocycles. The van der Waals surface area contributed by atoms with E-state index in [4.69, 9.17) is 14.5 Å². The third-order valence-electron chi connectivity index (χ3n) is 5.36. The van der Waals surface area contributed by atoms with Crippen LogP contribution in [0.4, 0.5) is 5.69 Å². The second kappa shape index (κ2) is 10.6. The van der Waals surface area contributed by atoms with E-state index in [0.29, 0.717) is 6.61 Å². The van der Waals surface area contributed by atoms with Crippen LogP contribution < -0.4 is 14.4 Å². The van der Waals surface area contributed by atoms with Gasteiger partial charge >= 0.3 is 0 Å². The van der Waals surface area contributed by atoms with E-state index in [0.717, 1.165) is 62.1 Å². The third-order valence-corrected chi connectivity index (χ3v) is 6.22. The van der Waals surface area contributed by atoms with Gasteiger partial charge in [0.1, 0.15) is 24.5 Å². The Balaban J connectivity index is 1.64. The lowest BCUT2D eigenvalue weighted by Crippen LogP contribution is -3.14. The summed E-state index contributed by atoms with van der Waals surface area (Å²) in [5.74, 6) is 0.832. The van der Waals surface area contributed by atoms with E-state index in [1.54, 1.807) is 16.2 Å². The number of quaternary nitrogens is 1. The van der Waals surface area contributed by atoms with Gasteiger partial charge in [0.2, 0.25) is 0 Å². The molecular formula is C24H30N3O2S+. The first-order valence-corrected chi connectivity index (χ1v) is 11.6. The van der Waals surface area contributed by atoms with E-state index in [9.17, 15) is 0 Å². The molecule has 1 aliphatic heterocycles. The second-order valence-electron chi connectivity index (χ2n) is 7.40. The average molecular weight is 425 g/mol. The van der Waals surface area contributed by atoms with Crippen molar-refractivity contribution in [2.75, 3.05) is 39.5 Å². The van der Waals surface area contributed by atoms with Crippen LogP contribution >= 0.6 is 11.3 Å². The summed E-state index contributed by atoms with van der Waals surface area (Å²) in [6, 6.07) is 18.6. The molecule has 0 spiro atoms. The fourth-order valence-electron chi connectivity index (χ4n) is 3.80. The molecule has 1 aromatic heterocycles. The highest BCUT2D eigenvalue weighted by atomic mass is 32.1. The molecule has 1 aliphatic rings. The Kier molecular flexibility index (Phi) is 7.34. The molecule has 1 saturated heterocycles. The van der Waals surface area contributed by atoms with E-state index in [-0.39, 0.29) is 0 Å². The molecule has 4 rings (SSSR count). The molecule has 158 valence electrons. The molecule has 1 N–H and O–H groups in total. The van der Waals surface area contributed by atoms with Crippen molar-refractivity contribution in [3.63, 3.8) is 0 Å². The fraction of sp³-hybridized carbons (Fsp3) is 0.375. The van der Waals surface area contributed by atoms with Crippen LogP contribution in [0.15, 0.2) is 65.0 Å². The Labute approximate surface area is 182 Å². The highest BCUT2D eigenvalue weighted by molar-refractivity contribution is 7.07. The Morgan fingerprint density at radius 1 is 1.07 bits per heavy atom. The van der Waals surface area contributed by atoms with Crippen LogP contribution in [0.25, 0.3) is 11.3 Å². The number of hydrogen-bond acceptors (Lipinski definition) is 4. The Bertz CT molecular complexity index is 991. The molecule has 0 saturated carbocycles. The lowest BCUT2D eigenvalue weighted by Gasteiger charge is -2.23. The number of thiazole rings is 1. The number of para-hydroxylation sites is 2. The van der Waals surface area contributed by atoms with E-state index >= 15 is 0 Å². The predicted molar refractivity (Wildman–Crippen MR) is 122 cm³/mol. The second-order valence-corrected chi connectivity index (χ2v) is 8.24. The Morgan fingerprint density at radius 3 is 2.63 bits per heavy atom. The Morgan fingerprint density at radius 2 is 1.83 bits per heavy atom. The van der Waals surface area contributed by atoms with Crippen molar-refractivity contribution in [1.82, 2.24) is 4.57 Å². The fourth-order valence-corrected chi connectivity index (χ4v) is 4.75. The minimum absolute atomic E-state index is 0.633. The van der Waals surface area contributed by atoms with Crippen molar-refractivity contribution in [3.8, 4) is 17.0 Å². The lowest BCUT2D eigenvalue weighted by molar-refractivity contribution is -0.908. The van der Waals surface area contributed by atoms with Crippen LogP contribution in [0.2, 0.25) is 0 Å². The molecule has 1 fully saturated rings. The third kappa shape index (κ3) is 5.19. The molecule has 5 nitrogen and oxygen atoms in total. The quantitative estimate of drug-likeness (QED) is 0.604. The molecule has 0 bridgehead atoms. The number of morpholine rings is 1. The van der Waals surface area contributed by atoms with Crippen LogP contribution in [0.5, 0.6) is 5.75 Å². The zero-order valence-corrected chi connectivity index (χ0v) is 18.4. The number of hydrogen-bond donors (Lipinski definition) is 1. The maximum atomic E-state index is 5.79. The van der Waals surface area contributed by atoms with Gasteiger partial charge in [-0.05, 0) is 24.6 Å². The first kappa shape index (κ1) is 20.8.